The average molecular weight is 379 g/mol. The Bertz CT molecular complexity index is 782. The van der Waals surface area contributed by atoms with Gasteiger partial charge in [-0.1, -0.05) is 41.8 Å². The molecular formula is C19H20Cl2N2O2. The van der Waals surface area contributed by atoms with Crippen molar-refractivity contribution in [3.05, 3.63) is 63.4 Å². The number of halogens is 2. The van der Waals surface area contributed by atoms with Gasteiger partial charge in [0.2, 0.25) is 0 Å². The summed E-state index contributed by atoms with van der Waals surface area (Å²) >= 11 is 12.5. The first-order valence-corrected chi connectivity index (χ1v) is 9.10. The van der Waals surface area contributed by atoms with Crippen molar-refractivity contribution in [1.82, 2.24) is 9.88 Å². The van der Waals surface area contributed by atoms with E-state index in [1.165, 1.54) is 0 Å². The lowest BCUT2D eigenvalue weighted by atomic mass is 9.94. The van der Waals surface area contributed by atoms with Gasteiger partial charge in [0.15, 0.2) is 0 Å². The number of carbonyl (C=O) groups is 1. The molecule has 4 nitrogen and oxygen atoms in total. The van der Waals surface area contributed by atoms with Crippen LogP contribution in [0.25, 0.3) is 0 Å². The van der Waals surface area contributed by atoms with E-state index in [2.05, 4.69) is 4.98 Å². The van der Waals surface area contributed by atoms with Crippen LogP contribution in [0.5, 0.6) is 0 Å². The molecule has 0 aliphatic carbocycles. The summed E-state index contributed by atoms with van der Waals surface area (Å²) in [7, 11) is 0. The van der Waals surface area contributed by atoms with Crippen molar-refractivity contribution in [3.63, 3.8) is 0 Å². The molecule has 0 spiro atoms. The summed E-state index contributed by atoms with van der Waals surface area (Å²) in [6.45, 7) is 2.62. The molecule has 2 unspecified atom stereocenters. The van der Waals surface area contributed by atoms with E-state index in [0.717, 1.165) is 29.8 Å². The van der Waals surface area contributed by atoms with Gasteiger partial charge in [-0.2, -0.15) is 0 Å². The van der Waals surface area contributed by atoms with Crippen LogP contribution in [-0.4, -0.2) is 33.5 Å². The van der Waals surface area contributed by atoms with E-state index in [1.807, 2.05) is 36.1 Å². The number of rotatable bonds is 4. The fraction of sp³-hybridized carbons (Fsp3) is 0.368. The number of aliphatic carboxylic acids is 1. The Morgan fingerprint density at radius 2 is 2.08 bits per heavy atom. The fourth-order valence-corrected chi connectivity index (χ4v) is 3.99. The lowest BCUT2D eigenvalue weighted by Gasteiger charge is -2.39. The van der Waals surface area contributed by atoms with Crippen LogP contribution in [0.2, 0.25) is 10.0 Å². The SMILES string of the molecule is Cc1cccc(C(c2ccc(Cl)cc2Cl)N2CCCCC2C(=O)O)n1. The van der Waals surface area contributed by atoms with Crippen molar-refractivity contribution in [2.75, 3.05) is 6.54 Å². The first-order chi connectivity index (χ1) is 12.0. The molecular weight excluding hydrogens is 359 g/mol. The molecule has 2 aromatic rings. The summed E-state index contributed by atoms with van der Waals surface area (Å²) in [5, 5.41) is 10.8. The molecule has 3 rings (SSSR count). The molecule has 2 atom stereocenters. The van der Waals surface area contributed by atoms with Gasteiger partial charge in [-0.25, -0.2) is 0 Å². The lowest BCUT2D eigenvalue weighted by Crippen LogP contribution is -2.47. The molecule has 1 aliphatic rings. The largest absolute Gasteiger partial charge is 0.480 e. The van der Waals surface area contributed by atoms with Crippen LogP contribution in [0.1, 0.15) is 42.3 Å². The summed E-state index contributed by atoms with van der Waals surface area (Å²) in [5.74, 6) is -0.803. The van der Waals surface area contributed by atoms with Crippen LogP contribution >= 0.6 is 23.2 Å². The second-order valence-electron chi connectivity index (χ2n) is 6.36. The zero-order valence-corrected chi connectivity index (χ0v) is 15.5. The topological polar surface area (TPSA) is 53.4 Å². The van der Waals surface area contributed by atoms with E-state index in [0.29, 0.717) is 23.0 Å². The third kappa shape index (κ3) is 3.97. The average Bonchev–Trinajstić information content (AvgIpc) is 2.57. The molecule has 25 heavy (non-hydrogen) atoms. The van der Waals surface area contributed by atoms with Gasteiger partial charge in [0.1, 0.15) is 6.04 Å². The predicted molar refractivity (Wildman–Crippen MR) is 99.3 cm³/mol. The smallest absolute Gasteiger partial charge is 0.320 e. The number of carboxylic acid groups (broad SMARTS) is 1. The highest BCUT2D eigenvalue weighted by atomic mass is 35.5. The second-order valence-corrected chi connectivity index (χ2v) is 7.20. The molecule has 1 aliphatic heterocycles. The van der Waals surface area contributed by atoms with Gasteiger partial charge in [0, 0.05) is 15.7 Å². The molecule has 1 N–H and O–H groups in total. The zero-order valence-electron chi connectivity index (χ0n) is 14.0. The molecule has 0 amide bonds. The zero-order chi connectivity index (χ0) is 18.0. The first-order valence-electron chi connectivity index (χ1n) is 8.34. The van der Waals surface area contributed by atoms with Gasteiger partial charge in [-0.05, 0) is 56.1 Å². The highest BCUT2D eigenvalue weighted by Crippen LogP contribution is 2.37. The number of carboxylic acids is 1. The minimum atomic E-state index is -0.803. The van der Waals surface area contributed by atoms with Crippen molar-refractivity contribution in [2.24, 2.45) is 0 Å². The maximum atomic E-state index is 11.8. The van der Waals surface area contributed by atoms with Gasteiger partial charge < -0.3 is 5.11 Å². The number of benzene rings is 1. The number of aryl methyl sites for hydroxylation is 1. The molecule has 0 radical (unpaired) electrons. The number of nitrogens with zero attached hydrogens (tertiary/aromatic N) is 2. The summed E-state index contributed by atoms with van der Waals surface area (Å²) in [6, 6.07) is 10.3. The maximum absolute atomic E-state index is 11.8. The van der Waals surface area contributed by atoms with Crippen LogP contribution in [0.4, 0.5) is 0 Å². The van der Waals surface area contributed by atoms with Gasteiger partial charge in [-0.3, -0.25) is 14.7 Å². The van der Waals surface area contributed by atoms with Gasteiger partial charge in [0.25, 0.3) is 0 Å². The summed E-state index contributed by atoms with van der Waals surface area (Å²) in [6.07, 6.45) is 2.50. The van der Waals surface area contributed by atoms with Crippen LogP contribution in [0.15, 0.2) is 36.4 Å². The van der Waals surface area contributed by atoms with Crippen LogP contribution in [-0.2, 0) is 4.79 Å². The Hall–Kier alpha value is -1.62. The van der Waals surface area contributed by atoms with Crippen LogP contribution < -0.4 is 0 Å². The lowest BCUT2D eigenvalue weighted by molar-refractivity contribution is -0.145. The third-order valence-electron chi connectivity index (χ3n) is 4.61. The number of likely N-dealkylation sites (tertiary alicyclic amines) is 1. The Balaban J connectivity index is 2.12. The van der Waals surface area contributed by atoms with Gasteiger partial charge in [0.05, 0.1) is 11.7 Å². The van der Waals surface area contributed by atoms with Gasteiger partial charge in [-0.15, -0.1) is 0 Å². The summed E-state index contributed by atoms with van der Waals surface area (Å²) in [4.78, 5) is 18.5. The number of hydrogen-bond donors (Lipinski definition) is 1. The van der Waals surface area contributed by atoms with Crippen LogP contribution in [0, 0.1) is 6.92 Å². The summed E-state index contributed by atoms with van der Waals surface area (Å²) in [5.41, 5.74) is 2.52. The van der Waals surface area contributed by atoms with Crippen molar-refractivity contribution < 1.29 is 9.90 Å². The Morgan fingerprint density at radius 1 is 1.28 bits per heavy atom. The predicted octanol–water partition coefficient (Wildman–Crippen LogP) is 4.73. The monoisotopic (exact) mass is 378 g/mol. The quantitative estimate of drug-likeness (QED) is 0.835. The van der Waals surface area contributed by atoms with Crippen molar-refractivity contribution in [1.29, 1.82) is 0 Å². The van der Waals surface area contributed by atoms with Gasteiger partial charge >= 0.3 is 5.97 Å². The van der Waals surface area contributed by atoms with Crippen molar-refractivity contribution in [2.45, 2.75) is 38.3 Å². The molecule has 1 aromatic carbocycles. The number of pyridine rings is 1. The van der Waals surface area contributed by atoms with E-state index in [9.17, 15) is 9.90 Å². The summed E-state index contributed by atoms with van der Waals surface area (Å²) < 4.78 is 0. The standard InChI is InChI=1S/C19H20Cl2N2O2/c1-12-5-4-6-16(22-12)18(14-9-8-13(20)11-15(14)21)23-10-3-2-7-17(23)19(24)25/h4-6,8-9,11,17-18H,2-3,7,10H2,1H3,(H,24,25). The Morgan fingerprint density at radius 3 is 2.76 bits per heavy atom. The minimum Gasteiger partial charge on any atom is -0.480 e. The number of hydrogen-bond acceptors (Lipinski definition) is 3. The van der Waals surface area contributed by atoms with Crippen molar-refractivity contribution >= 4 is 29.2 Å². The third-order valence-corrected chi connectivity index (χ3v) is 5.17. The molecule has 1 fully saturated rings. The Kier molecular flexibility index (Phi) is 5.62. The normalized spacial score (nSPS) is 19.6. The number of aromatic nitrogens is 1. The highest BCUT2D eigenvalue weighted by molar-refractivity contribution is 6.35. The second kappa shape index (κ2) is 7.73. The number of piperidine rings is 1. The molecule has 0 bridgehead atoms. The molecule has 1 aromatic heterocycles. The van der Waals surface area contributed by atoms with Crippen molar-refractivity contribution in [3.8, 4) is 0 Å². The van der Waals surface area contributed by atoms with E-state index in [-0.39, 0.29) is 6.04 Å². The van der Waals surface area contributed by atoms with E-state index >= 15 is 0 Å². The molecule has 2 heterocycles. The van der Waals surface area contributed by atoms with Crippen LogP contribution in [0.3, 0.4) is 0 Å². The maximum Gasteiger partial charge on any atom is 0.320 e. The van der Waals surface area contributed by atoms with E-state index < -0.39 is 12.0 Å². The molecule has 0 saturated carbocycles. The minimum absolute atomic E-state index is 0.314. The molecule has 132 valence electrons. The first kappa shape index (κ1) is 18.2. The molecule has 6 heteroatoms. The highest BCUT2D eigenvalue weighted by Gasteiger charge is 2.36. The van der Waals surface area contributed by atoms with E-state index in [4.69, 9.17) is 23.2 Å². The fourth-order valence-electron chi connectivity index (χ4n) is 3.48. The van der Waals surface area contributed by atoms with E-state index in [1.54, 1.807) is 12.1 Å². The Labute approximate surface area is 157 Å². The molecule has 1 saturated heterocycles.